The van der Waals surface area contributed by atoms with Crippen molar-refractivity contribution in [2.45, 2.75) is 71.1 Å². The van der Waals surface area contributed by atoms with Gasteiger partial charge in [0.15, 0.2) is 0 Å². The van der Waals surface area contributed by atoms with E-state index in [2.05, 4.69) is 62.1 Å². The average molecular weight is 395 g/mol. The number of benzene rings is 1. The minimum Gasteiger partial charge on any atom is -0.0949 e. The van der Waals surface area contributed by atoms with Crippen molar-refractivity contribution in [2.24, 2.45) is 5.92 Å². The molecular weight excluding hydrogens is 360 g/mol. The molecule has 1 aromatic rings. The Hall–Kier alpha value is -2.34. The number of rotatable bonds is 6. The predicted octanol–water partition coefficient (Wildman–Crippen LogP) is 8.23. The third-order valence-corrected chi connectivity index (χ3v) is 7.41. The standard InChI is InChI=1S/C30H34/c1-21-11-13-25(15-21)22(2)16-27-9-6-10-30(27)29-19-26-14-12-24(18-28(26)20-29)17-23-7-4-3-5-8-23/h9-10,12-15,18,20,23H,2-8,11,16-17,19H2,1H3. The Balaban J connectivity index is 1.28. The Bertz CT molecular complexity index is 1010. The fraction of sp³-hybridized carbons (Fsp3) is 0.400. The molecule has 154 valence electrons. The summed E-state index contributed by atoms with van der Waals surface area (Å²) in [6, 6.07) is 7.27. The van der Waals surface area contributed by atoms with E-state index in [4.69, 9.17) is 0 Å². The van der Waals surface area contributed by atoms with Crippen LogP contribution in [-0.2, 0) is 12.8 Å². The van der Waals surface area contributed by atoms with Crippen molar-refractivity contribution in [1.29, 1.82) is 0 Å². The van der Waals surface area contributed by atoms with Crippen molar-refractivity contribution in [1.82, 2.24) is 0 Å². The zero-order valence-corrected chi connectivity index (χ0v) is 18.5. The molecule has 0 heterocycles. The zero-order valence-electron chi connectivity index (χ0n) is 18.5. The molecule has 0 aliphatic heterocycles. The SMILES string of the molecule is C=C(CC1=CCC=C1C1=Cc2cc(CC3CCCCC3)ccc2C1)C1=CCC(C)=C1. The molecule has 0 radical (unpaired) electrons. The van der Waals surface area contributed by atoms with Crippen molar-refractivity contribution in [3.8, 4) is 0 Å². The second-order valence-corrected chi connectivity index (χ2v) is 9.81. The largest absolute Gasteiger partial charge is 0.0949 e. The quantitative estimate of drug-likeness (QED) is 0.456. The monoisotopic (exact) mass is 394 g/mol. The number of allylic oxidation sites excluding steroid dienone is 10. The molecule has 0 heteroatoms. The maximum atomic E-state index is 4.40. The van der Waals surface area contributed by atoms with Crippen LogP contribution in [-0.4, -0.2) is 0 Å². The highest BCUT2D eigenvalue weighted by Gasteiger charge is 2.22. The summed E-state index contributed by atoms with van der Waals surface area (Å²) in [7, 11) is 0. The molecule has 0 unspecified atom stereocenters. The molecule has 0 amide bonds. The van der Waals surface area contributed by atoms with Gasteiger partial charge in [0.1, 0.15) is 0 Å². The summed E-state index contributed by atoms with van der Waals surface area (Å²) in [4.78, 5) is 0. The van der Waals surface area contributed by atoms with E-state index < -0.39 is 0 Å². The second-order valence-electron chi connectivity index (χ2n) is 9.81. The molecule has 1 saturated carbocycles. The molecule has 30 heavy (non-hydrogen) atoms. The molecule has 0 aromatic heterocycles. The van der Waals surface area contributed by atoms with Crippen LogP contribution in [0.4, 0.5) is 0 Å². The topological polar surface area (TPSA) is 0 Å². The minimum absolute atomic E-state index is 0.905. The second kappa shape index (κ2) is 8.42. The molecule has 0 spiro atoms. The molecular formula is C30H34. The van der Waals surface area contributed by atoms with Gasteiger partial charge in [-0.3, -0.25) is 0 Å². The van der Waals surface area contributed by atoms with Crippen molar-refractivity contribution < 1.29 is 0 Å². The highest BCUT2D eigenvalue weighted by atomic mass is 14.3. The first-order valence-electron chi connectivity index (χ1n) is 11.9. The van der Waals surface area contributed by atoms with Gasteiger partial charge in [-0.1, -0.05) is 92.8 Å². The van der Waals surface area contributed by atoms with Gasteiger partial charge in [-0.25, -0.2) is 0 Å². The molecule has 0 N–H and O–H groups in total. The van der Waals surface area contributed by atoms with Crippen LogP contribution in [0.1, 0.15) is 75.0 Å². The number of hydrogen-bond acceptors (Lipinski definition) is 0. The summed E-state index contributed by atoms with van der Waals surface area (Å²) >= 11 is 0. The van der Waals surface area contributed by atoms with Crippen LogP contribution in [0.25, 0.3) is 6.08 Å². The van der Waals surface area contributed by atoms with Gasteiger partial charge >= 0.3 is 0 Å². The molecule has 4 aliphatic rings. The van der Waals surface area contributed by atoms with E-state index in [-0.39, 0.29) is 0 Å². The van der Waals surface area contributed by atoms with E-state index in [1.165, 1.54) is 88.7 Å². The average Bonchev–Trinajstić information content (AvgIpc) is 3.47. The summed E-state index contributed by atoms with van der Waals surface area (Å²) in [6.45, 7) is 6.61. The maximum Gasteiger partial charge on any atom is -0.00137 e. The number of hydrogen-bond donors (Lipinski definition) is 0. The highest BCUT2D eigenvalue weighted by Crippen LogP contribution is 2.39. The molecule has 4 aliphatic carbocycles. The van der Waals surface area contributed by atoms with Crippen molar-refractivity contribution in [2.75, 3.05) is 0 Å². The Kier molecular flexibility index (Phi) is 5.50. The molecule has 1 aromatic carbocycles. The fourth-order valence-electron chi connectivity index (χ4n) is 5.71. The van der Waals surface area contributed by atoms with Gasteiger partial charge in [-0.15, -0.1) is 0 Å². The normalized spacial score (nSPS) is 21.0. The van der Waals surface area contributed by atoms with Gasteiger partial charge < -0.3 is 0 Å². The van der Waals surface area contributed by atoms with E-state index in [9.17, 15) is 0 Å². The molecule has 0 atom stereocenters. The van der Waals surface area contributed by atoms with E-state index in [1.807, 2.05) is 0 Å². The summed E-state index contributed by atoms with van der Waals surface area (Å²) in [5, 5.41) is 0. The Labute approximate surface area is 182 Å². The van der Waals surface area contributed by atoms with Crippen LogP contribution in [0, 0.1) is 5.92 Å². The van der Waals surface area contributed by atoms with Gasteiger partial charge in [0.05, 0.1) is 0 Å². The van der Waals surface area contributed by atoms with Crippen LogP contribution in [0.2, 0.25) is 0 Å². The van der Waals surface area contributed by atoms with E-state index >= 15 is 0 Å². The lowest BCUT2D eigenvalue weighted by Gasteiger charge is -2.21. The van der Waals surface area contributed by atoms with Crippen LogP contribution in [0.15, 0.2) is 82.5 Å². The van der Waals surface area contributed by atoms with Gasteiger partial charge in [-0.2, -0.15) is 0 Å². The zero-order chi connectivity index (χ0) is 20.5. The molecule has 0 saturated heterocycles. The fourth-order valence-corrected chi connectivity index (χ4v) is 5.71. The molecule has 0 bridgehead atoms. The summed E-state index contributed by atoms with van der Waals surface area (Å²) in [6.07, 6.45) is 24.6. The first kappa shape index (κ1) is 19.6. The lowest BCUT2D eigenvalue weighted by atomic mass is 9.84. The van der Waals surface area contributed by atoms with Crippen LogP contribution < -0.4 is 0 Å². The summed E-state index contributed by atoms with van der Waals surface area (Å²) in [5.74, 6) is 0.905. The van der Waals surface area contributed by atoms with E-state index in [0.717, 1.165) is 31.6 Å². The summed E-state index contributed by atoms with van der Waals surface area (Å²) < 4.78 is 0. The predicted molar refractivity (Wildman–Crippen MR) is 129 cm³/mol. The number of fused-ring (bicyclic) bond motifs is 1. The first-order chi connectivity index (χ1) is 14.7. The minimum atomic E-state index is 0.905. The Morgan fingerprint density at radius 1 is 1.03 bits per heavy atom. The van der Waals surface area contributed by atoms with Gasteiger partial charge in [0, 0.05) is 0 Å². The molecule has 0 nitrogen and oxygen atoms in total. The van der Waals surface area contributed by atoms with Gasteiger partial charge in [-0.05, 0) is 89.5 Å². The maximum absolute atomic E-state index is 4.40. The third kappa shape index (κ3) is 4.10. The molecule has 5 rings (SSSR count). The van der Waals surface area contributed by atoms with Crippen molar-refractivity contribution in [3.05, 3.63) is 99.2 Å². The van der Waals surface area contributed by atoms with Crippen LogP contribution in [0.3, 0.4) is 0 Å². The smallest absolute Gasteiger partial charge is 0.00137 e. The van der Waals surface area contributed by atoms with Crippen LogP contribution >= 0.6 is 0 Å². The van der Waals surface area contributed by atoms with Crippen LogP contribution in [0.5, 0.6) is 0 Å². The lowest BCUT2D eigenvalue weighted by molar-refractivity contribution is 0.356. The Morgan fingerprint density at radius 2 is 1.90 bits per heavy atom. The van der Waals surface area contributed by atoms with Gasteiger partial charge in [0.25, 0.3) is 0 Å². The third-order valence-electron chi connectivity index (χ3n) is 7.41. The van der Waals surface area contributed by atoms with E-state index in [1.54, 1.807) is 0 Å². The lowest BCUT2D eigenvalue weighted by Crippen LogP contribution is -2.09. The van der Waals surface area contributed by atoms with Gasteiger partial charge in [0.2, 0.25) is 0 Å². The van der Waals surface area contributed by atoms with Crippen molar-refractivity contribution in [3.63, 3.8) is 0 Å². The first-order valence-corrected chi connectivity index (χ1v) is 11.9. The van der Waals surface area contributed by atoms with Crippen molar-refractivity contribution >= 4 is 6.08 Å². The molecule has 1 fully saturated rings. The Morgan fingerprint density at radius 3 is 2.70 bits per heavy atom. The summed E-state index contributed by atoms with van der Waals surface area (Å²) in [5.41, 5.74) is 13.0. The van der Waals surface area contributed by atoms with E-state index in [0.29, 0.717) is 0 Å². The highest BCUT2D eigenvalue weighted by molar-refractivity contribution is 5.72.